The summed E-state index contributed by atoms with van der Waals surface area (Å²) < 4.78 is 38.1. The van der Waals surface area contributed by atoms with Gasteiger partial charge in [-0.1, -0.05) is 29.8 Å². The molecule has 2 unspecified atom stereocenters. The van der Waals surface area contributed by atoms with Gasteiger partial charge in [0.2, 0.25) is 10.0 Å². The molecule has 5 nitrogen and oxygen atoms in total. The summed E-state index contributed by atoms with van der Waals surface area (Å²) in [5.74, 6) is 0.0555. The first-order chi connectivity index (χ1) is 10.6. The fourth-order valence-corrected chi connectivity index (χ4v) is 4.93. The Morgan fingerprint density at radius 2 is 2.09 bits per heavy atom. The van der Waals surface area contributed by atoms with Crippen molar-refractivity contribution in [2.45, 2.75) is 25.0 Å². The Kier molecular flexibility index (Phi) is 5.04. The summed E-state index contributed by atoms with van der Waals surface area (Å²) >= 11 is 6.10. The van der Waals surface area contributed by atoms with Crippen molar-refractivity contribution >= 4 is 21.6 Å². The molecule has 0 aromatic heterocycles. The predicted molar refractivity (Wildman–Crippen MR) is 84.6 cm³/mol. The zero-order chi connectivity index (χ0) is 15.6. The standard InChI is InChI=1S/C15H20ClNO4S/c16-13-4-2-1-3-12(13)6-10-22(18,19)17-7-9-21-15-5-8-20-11-14(15)17/h1-4,14-15H,5-11H2. The molecule has 0 amide bonds. The maximum Gasteiger partial charge on any atom is 0.214 e. The molecule has 0 bridgehead atoms. The summed E-state index contributed by atoms with van der Waals surface area (Å²) in [6.07, 6.45) is 1.12. The molecule has 22 heavy (non-hydrogen) atoms. The van der Waals surface area contributed by atoms with Gasteiger partial charge < -0.3 is 9.47 Å². The van der Waals surface area contributed by atoms with Crippen molar-refractivity contribution in [1.82, 2.24) is 4.31 Å². The largest absolute Gasteiger partial charge is 0.380 e. The van der Waals surface area contributed by atoms with Gasteiger partial charge >= 0.3 is 0 Å². The summed E-state index contributed by atoms with van der Waals surface area (Å²) in [4.78, 5) is 0. The van der Waals surface area contributed by atoms with Crippen LogP contribution < -0.4 is 0 Å². The fraction of sp³-hybridized carbons (Fsp3) is 0.600. The second-order valence-corrected chi connectivity index (χ2v) is 8.06. The van der Waals surface area contributed by atoms with E-state index >= 15 is 0 Å². The first kappa shape index (κ1) is 16.2. The van der Waals surface area contributed by atoms with Crippen molar-refractivity contribution in [3.05, 3.63) is 34.9 Å². The Hall–Kier alpha value is -0.660. The molecule has 1 aromatic carbocycles. The number of ether oxygens (including phenoxy) is 2. The topological polar surface area (TPSA) is 55.8 Å². The van der Waals surface area contributed by atoms with Crippen molar-refractivity contribution in [3.63, 3.8) is 0 Å². The Balaban J connectivity index is 1.70. The molecular formula is C15H20ClNO4S. The van der Waals surface area contributed by atoms with Gasteiger partial charge in [-0.15, -0.1) is 0 Å². The highest BCUT2D eigenvalue weighted by Crippen LogP contribution is 2.25. The summed E-state index contributed by atoms with van der Waals surface area (Å²) in [5.41, 5.74) is 0.859. The van der Waals surface area contributed by atoms with Crippen LogP contribution in [0.1, 0.15) is 12.0 Å². The van der Waals surface area contributed by atoms with Crippen molar-refractivity contribution in [2.75, 3.05) is 32.1 Å². The van der Waals surface area contributed by atoms with Gasteiger partial charge in [0, 0.05) is 18.2 Å². The van der Waals surface area contributed by atoms with E-state index < -0.39 is 10.0 Å². The number of rotatable bonds is 4. The van der Waals surface area contributed by atoms with Crippen molar-refractivity contribution in [3.8, 4) is 0 Å². The van der Waals surface area contributed by atoms with Gasteiger partial charge in [-0.25, -0.2) is 8.42 Å². The Morgan fingerprint density at radius 1 is 1.27 bits per heavy atom. The molecule has 3 rings (SSSR count). The van der Waals surface area contributed by atoms with Crippen LogP contribution in [0.5, 0.6) is 0 Å². The van der Waals surface area contributed by atoms with Crippen LogP contribution >= 0.6 is 11.6 Å². The summed E-state index contributed by atoms with van der Waals surface area (Å²) in [6, 6.07) is 7.16. The van der Waals surface area contributed by atoms with Gasteiger partial charge in [-0.2, -0.15) is 4.31 Å². The maximum atomic E-state index is 12.7. The SMILES string of the molecule is O=S(=O)(CCc1ccccc1Cl)N1CCOC2CCOCC21. The number of sulfonamides is 1. The lowest BCUT2D eigenvalue weighted by molar-refractivity contribution is -0.107. The molecule has 0 N–H and O–H groups in total. The number of hydrogen-bond acceptors (Lipinski definition) is 4. The van der Waals surface area contributed by atoms with Gasteiger partial charge in [0.05, 0.1) is 31.1 Å². The third-order valence-corrected chi connectivity index (χ3v) is 6.48. The second-order valence-electron chi connectivity index (χ2n) is 5.61. The van der Waals surface area contributed by atoms with Crippen molar-refractivity contribution < 1.29 is 17.9 Å². The van der Waals surface area contributed by atoms with Crippen LogP contribution in [0.15, 0.2) is 24.3 Å². The van der Waals surface area contributed by atoms with Crippen LogP contribution in [-0.2, 0) is 25.9 Å². The zero-order valence-electron chi connectivity index (χ0n) is 12.3. The molecule has 2 saturated heterocycles. The number of morpholine rings is 1. The maximum absolute atomic E-state index is 12.7. The summed E-state index contributed by atoms with van der Waals surface area (Å²) in [6.45, 7) is 1.90. The third kappa shape index (κ3) is 3.46. The molecular weight excluding hydrogens is 326 g/mol. The van der Waals surface area contributed by atoms with Crippen molar-refractivity contribution in [1.29, 1.82) is 0 Å². The van der Waals surface area contributed by atoms with Crippen LogP contribution in [0.3, 0.4) is 0 Å². The van der Waals surface area contributed by atoms with Gasteiger partial charge in [-0.3, -0.25) is 0 Å². The number of hydrogen-bond donors (Lipinski definition) is 0. The number of nitrogens with zero attached hydrogens (tertiary/aromatic N) is 1. The first-order valence-electron chi connectivity index (χ1n) is 7.50. The first-order valence-corrected chi connectivity index (χ1v) is 9.49. The van der Waals surface area contributed by atoms with Gasteiger partial charge in [0.15, 0.2) is 0 Å². The molecule has 2 heterocycles. The molecule has 0 aliphatic carbocycles. The summed E-state index contributed by atoms with van der Waals surface area (Å²) in [7, 11) is -3.35. The van der Waals surface area contributed by atoms with Crippen LogP contribution in [-0.4, -0.2) is 57.0 Å². The molecule has 0 saturated carbocycles. The molecule has 122 valence electrons. The van der Waals surface area contributed by atoms with Gasteiger partial charge in [-0.05, 0) is 24.5 Å². The number of fused-ring (bicyclic) bond motifs is 1. The molecule has 7 heteroatoms. The Morgan fingerprint density at radius 3 is 2.91 bits per heavy atom. The van der Waals surface area contributed by atoms with E-state index in [1.807, 2.05) is 18.2 Å². The smallest absolute Gasteiger partial charge is 0.214 e. The molecule has 2 aliphatic heterocycles. The molecule has 0 spiro atoms. The highest BCUT2D eigenvalue weighted by molar-refractivity contribution is 7.89. The normalized spacial score (nSPS) is 26.6. The van der Waals surface area contributed by atoms with Crippen LogP contribution in [0.2, 0.25) is 5.02 Å². The molecule has 0 radical (unpaired) electrons. The third-order valence-electron chi connectivity index (χ3n) is 4.22. The lowest BCUT2D eigenvalue weighted by Gasteiger charge is -2.42. The highest BCUT2D eigenvalue weighted by Gasteiger charge is 2.40. The fourth-order valence-electron chi connectivity index (χ4n) is 3.03. The molecule has 2 fully saturated rings. The average molecular weight is 346 g/mol. The minimum absolute atomic E-state index is 0.0439. The van der Waals surface area contributed by atoms with Crippen LogP contribution in [0.4, 0.5) is 0 Å². The minimum Gasteiger partial charge on any atom is -0.380 e. The quantitative estimate of drug-likeness (QED) is 0.833. The van der Waals surface area contributed by atoms with E-state index in [2.05, 4.69) is 0 Å². The van der Waals surface area contributed by atoms with E-state index in [4.69, 9.17) is 21.1 Å². The minimum atomic E-state index is -3.35. The van der Waals surface area contributed by atoms with E-state index in [9.17, 15) is 8.42 Å². The lowest BCUT2D eigenvalue weighted by atomic mass is 10.1. The van der Waals surface area contributed by atoms with E-state index in [1.54, 1.807) is 10.4 Å². The number of benzene rings is 1. The van der Waals surface area contributed by atoms with Crippen molar-refractivity contribution in [2.24, 2.45) is 0 Å². The molecule has 2 atom stereocenters. The zero-order valence-corrected chi connectivity index (χ0v) is 13.9. The van der Waals surface area contributed by atoms with E-state index in [0.717, 1.165) is 12.0 Å². The van der Waals surface area contributed by atoms with Gasteiger partial charge in [0.25, 0.3) is 0 Å². The second kappa shape index (κ2) is 6.84. The van der Waals surface area contributed by atoms with Gasteiger partial charge in [0.1, 0.15) is 0 Å². The summed E-state index contributed by atoms with van der Waals surface area (Å²) in [5, 5.41) is 0.610. The predicted octanol–water partition coefficient (Wildman–Crippen LogP) is 1.70. The number of aryl methyl sites for hydroxylation is 1. The van der Waals surface area contributed by atoms with Crippen LogP contribution in [0.25, 0.3) is 0 Å². The number of halogens is 1. The molecule has 2 aliphatic rings. The highest BCUT2D eigenvalue weighted by atomic mass is 35.5. The Labute approximate surface area is 136 Å². The lowest BCUT2D eigenvalue weighted by Crippen LogP contribution is -2.58. The van der Waals surface area contributed by atoms with E-state index in [-0.39, 0.29) is 17.9 Å². The van der Waals surface area contributed by atoms with Crippen LogP contribution in [0, 0.1) is 0 Å². The average Bonchev–Trinajstić information content (AvgIpc) is 2.53. The van der Waals surface area contributed by atoms with E-state index in [0.29, 0.717) is 37.8 Å². The monoisotopic (exact) mass is 345 g/mol. The van der Waals surface area contributed by atoms with E-state index in [1.165, 1.54) is 0 Å². The Bertz CT molecular complexity index is 620. The molecule has 1 aromatic rings.